The van der Waals surface area contributed by atoms with Gasteiger partial charge in [-0.1, -0.05) is 37.3 Å². The molecule has 2 aromatic heterocycles. The Hall–Kier alpha value is -3.39. The van der Waals surface area contributed by atoms with Crippen molar-refractivity contribution in [2.24, 2.45) is 0 Å². The van der Waals surface area contributed by atoms with E-state index in [4.69, 9.17) is 4.42 Å². The highest BCUT2D eigenvalue weighted by atomic mass is 16.3. The topological polar surface area (TPSA) is 91.1 Å². The molecule has 30 heavy (non-hydrogen) atoms. The molecule has 0 bridgehead atoms. The van der Waals surface area contributed by atoms with Crippen molar-refractivity contribution in [3.05, 3.63) is 61.4 Å². The second kappa shape index (κ2) is 11.0. The highest BCUT2D eigenvalue weighted by molar-refractivity contribution is 5.77. The van der Waals surface area contributed by atoms with Crippen molar-refractivity contribution in [1.29, 1.82) is 0 Å². The standard InChI is InChI=1S/C22H29N7O/c1-4-11-23-20-26-21(24-12-5-2)28-22(27-20)25-13-14-29(6-3)16-18-15-17-9-7-8-10-19(17)30-18/h4-5,7-10,15H,1-2,6,11-14,16H2,3H3,(H3,23,24,25,26,27,28). The van der Waals surface area contributed by atoms with Gasteiger partial charge in [0.1, 0.15) is 11.3 Å². The summed E-state index contributed by atoms with van der Waals surface area (Å²) in [6, 6.07) is 10.2. The van der Waals surface area contributed by atoms with Crippen LogP contribution in [0.4, 0.5) is 17.8 Å². The van der Waals surface area contributed by atoms with Crippen molar-refractivity contribution in [2.75, 3.05) is 48.7 Å². The molecule has 0 saturated carbocycles. The van der Waals surface area contributed by atoms with Crippen molar-refractivity contribution in [2.45, 2.75) is 13.5 Å². The fourth-order valence-electron chi connectivity index (χ4n) is 2.95. The largest absolute Gasteiger partial charge is 0.460 e. The third kappa shape index (κ3) is 6.05. The monoisotopic (exact) mass is 407 g/mol. The molecule has 3 N–H and O–H groups in total. The average Bonchev–Trinajstić information content (AvgIpc) is 3.18. The van der Waals surface area contributed by atoms with Gasteiger partial charge in [0.2, 0.25) is 17.8 Å². The van der Waals surface area contributed by atoms with Crippen LogP contribution in [-0.4, -0.2) is 52.6 Å². The molecule has 0 amide bonds. The van der Waals surface area contributed by atoms with Crippen LogP contribution in [0.5, 0.6) is 0 Å². The lowest BCUT2D eigenvalue weighted by atomic mass is 10.2. The highest BCUT2D eigenvalue weighted by Gasteiger charge is 2.10. The van der Waals surface area contributed by atoms with Crippen molar-refractivity contribution in [1.82, 2.24) is 19.9 Å². The normalized spacial score (nSPS) is 10.9. The maximum absolute atomic E-state index is 5.94. The Balaban J connectivity index is 1.58. The van der Waals surface area contributed by atoms with E-state index in [1.807, 2.05) is 18.2 Å². The predicted octanol–water partition coefficient (Wildman–Crippen LogP) is 3.75. The smallest absolute Gasteiger partial charge is 0.229 e. The number of rotatable bonds is 13. The van der Waals surface area contributed by atoms with Crippen molar-refractivity contribution < 1.29 is 4.42 Å². The minimum atomic E-state index is 0.494. The van der Waals surface area contributed by atoms with Gasteiger partial charge in [0.25, 0.3) is 0 Å². The van der Waals surface area contributed by atoms with Gasteiger partial charge in [-0.25, -0.2) is 0 Å². The van der Waals surface area contributed by atoms with Crippen LogP contribution in [-0.2, 0) is 6.54 Å². The van der Waals surface area contributed by atoms with E-state index in [1.165, 1.54) is 0 Å². The predicted molar refractivity (Wildman–Crippen MR) is 123 cm³/mol. The van der Waals surface area contributed by atoms with Gasteiger partial charge in [0, 0.05) is 31.6 Å². The number of nitrogens with one attached hydrogen (secondary N) is 3. The van der Waals surface area contributed by atoms with Crippen molar-refractivity contribution >= 4 is 28.8 Å². The number of hydrogen-bond acceptors (Lipinski definition) is 8. The van der Waals surface area contributed by atoms with Gasteiger partial charge in [-0.3, -0.25) is 4.90 Å². The molecule has 0 spiro atoms. The molecule has 1 aromatic carbocycles. The molecule has 0 aliphatic carbocycles. The minimum Gasteiger partial charge on any atom is -0.460 e. The molecule has 8 heteroatoms. The zero-order valence-electron chi connectivity index (χ0n) is 17.4. The van der Waals surface area contributed by atoms with Crippen molar-refractivity contribution in [3.63, 3.8) is 0 Å². The van der Waals surface area contributed by atoms with Crippen LogP contribution in [0, 0.1) is 0 Å². The molecule has 0 unspecified atom stereocenters. The van der Waals surface area contributed by atoms with Gasteiger partial charge < -0.3 is 20.4 Å². The van der Waals surface area contributed by atoms with Gasteiger partial charge in [-0.15, -0.1) is 13.2 Å². The Bertz CT molecular complexity index is 906. The minimum absolute atomic E-state index is 0.494. The van der Waals surface area contributed by atoms with Gasteiger partial charge in [0.05, 0.1) is 6.54 Å². The lowest BCUT2D eigenvalue weighted by molar-refractivity contribution is 0.268. The highest BCUT2D eigenvalue weighted by Crippen LogP contribution is 2.20. The summed E-state index contributed by atoms with van der Waals surface area (Å²) in [4.78, 5) is 15.5. The van der Waals surface area contributed by atoms with E-state index < -0.39 is 0 Å². The van der Waals surface area contributed by atoms with Gasteiger partial charge in [-0.2, -0.15) is 15.0 Å². The summed E-state index contributed by atoms with van der Waals surface area (Å²) in [5, 5.41) is 10.6. The number of fused-ring (bicyclic) bond motifs is 1. The maximum Gasteiger partial charge on any atom is 0.229 e. The van der Waals surface area contributed by atoms with Gasteiger partial charge in [0.15, 0.2) is 0 Å². The molecule has 158 valence electrons. The first-order valence-electron chi connectivity index (χ1n) is 10.1. The number of hydrogen-bond donors (Lipinski definition) is 3. The second-order valence-corrected chi connectivity index (χ2v) is 6.69. The molecular weight excluding hydrogens is 378 g/mol. The molecule has 0 fully saturated rings. The Kier molecular flexibility index (Phi) is 7.79. The Morgan fingerprint density at radius 3 is 2.20 bits per heavy atom. The molecule has 0 aliphatic rings. The molecule has 3 rings (SSSR count). The molecule has 0 aliphatic heterocycles. The Morgan fingerprint density at radius 1 is 0.967 bits per heavy atom. The van der Waals surface area contributed by atoms with Crippen LogP contribution in [0.3, 0.4) is 0 Å². The van der Waals surface area contributed by atoms with Crippen molar-refractivity contribution in [3.8, 4) is 0 Å². The van der Waals surface area contributed by atoms with Crippen LogP contribution >= 0.6 is 0 Å². The summed E-state index contributed by atoms with van der Waals surface area (Å²) in [5.41, 5.74) is 0.922. The summed E-state index contributed by atoms with van der Waals surface area (Å²) in [6.07, 6.45) is 3.51. The van der Waals surface area contributed by atoms with Crippen LogP contribution in [0.2, 0.25) is 0 Å². The van der Waals surface area contributed by atoms with E-state index in [1.54, 1.807) is 12.2 Å². The van der Waals surface area contributed by atoms with E-state index in [0.29, 0.717) is 37.5 Å². The molecular formula is C22H29N7O. The fourth-order valence-corrected chi connectivity index (χ4v) is 2.95. The average molecular weight is 408 g/mol. The number of likely N-dealkylation sites (N-methyl/N-ethyl adjacent to an activating group) is 1. The third-order valence-corrected chi connectivity index (χ3v) is 4.46. The Labute approximate surface area is 177 Å². The van der Waals surface area contributed by atoms with Gasteiger partial charge >= 0.3 is 0 Å². The zero-order chi connectivity index (χ0) is 21.2. The molecule has 0 radical (unpaired) electrons. The number of para-hydroxylation sites is 1. The number of nitrogens with zero attached hydrogens (tertiary/aromatic N) is 4. The quantitative estimate of drug-likeness (QED) is 0.369. The van der Waals surface area contributed by atoms with E-state index in [0.717, 1.165) is 36.4 Å². The van der Waals surface area contributed by atoms with E-state index in [2.05, 4.69) is 68.0 Å². The maximum atomic E-state index is 5.94. The fraction of sp³-hybridized carbons (Fsp3) is 0.318. The molecule has 3 aromatic rings. The lowest BCUT2D eigenvalue weighted by Gasteiger charge is -2.19. The summed E-state index contributed by atoms with van der Waals surface area (Å²) in [5.74, 6) is 2.47. The van der Waals surface area contributed by atoms with Crippen LogP contribution < -0.4 is 16.0 Å². The third-order valence-electron chi connectivity index (χ3n) is 4.46. The lowest BCUT2D eigenvalue weighted by Crippen LogP contribution is -2.29. The first-order valence-corrected chi connectivity index (χ1v) is 10.1. The number of aromatic nitrogens is 3. The zero-order valence-corrected chi connectivity index (χ0v) is 17.4. The molecule has 0 atom stereocenters. The van der Waals surface area contributed by atoms with E-state index in [-0.39, 0.29) is 0 Å². The second-order valence-electron chi connectivity index (χ2n) is 6.69. The summed E-state index contributed by atoms with van der Waals surface area (Å²) < 4.78 is 5.94. The molecule has 0 saturated heterocycles. The summed E-state index contributed by atoms with van der Waals surface area (Å²) >= 11 is 0. The number of furan rings is 1. The van der Waals surface area contributed by atoms with E-state index in [9.17, 15) is 0 Å². The van der Waals surface area contributed by atoms with Crippen LogP contribution in [0.1, 0.15) is 12.7 Å². The van der Waals surface area contributed by atoms with Gasteiger partial charge in [-0.05, 0) is 18.7 Å². The molecule has 2 heterocycles. The van der Waals surface area contributed by atoms with Crippen LogP contribution in [0.25, 0.3) is 11.0 Å². The number of anilines is 3. The first-order chi connectivity index (χ1) is 14.7. The number of benzene rings is 1. The SMILES string of the molecule is C=CCNc1nc(NCC=C)nc(NCCN(CC)Cc2cc3ccccc3o2)n1. The molecule has 8 nitrogen and oxygen atoms in total. The first kappa shape index (κ1) is 21.3. The summed E-state index contributed by atoms with van der Waals surface area (Å²) in [6.45, 7) is 13.9. The Morgan fingerprint density at radius 2 is 1.60 bits per heavy atom. The summed E-state index contributed by atoms with van der Waals surface area (Å²) in [7, 11) is 0. The van der Waals surface area contributed by atoms with Crippen LogP contribution in [0.15, 0.2) is 60.1 Å². The van der Waals surface area contributed by atoms with E-state index >= 15 is 0 Å².